The molecule has 0 radical (unpaired) electrons. The van der Waals surface area contributed by atoms with Crippen molar-refractivity contribution in [3.63, 3.8) is 0 Å². The van der Waals surface area contributed by atoms with E-state index in [0.29, 0.717) is 0 Å². The van der Waals surface area contributed by atoms with Gasteiger partial charge in [0.1, 0.15) is 0 Å². The lowest BCUT2D eigenvalue weighted by molar-refractivity contribution is 0.420. The third-order valence-corrected chi connectivity index (χ3v) is 4.24. The summed E-state index contributed by atoms with van der Waals surface area (Å²) in [5.74, 6) is 2.98. The first kappa shape index (κ1) is 8.52. The fourth-order valence-electron chi connectivity index (χ4n) is 3.47. The Bertz CT molecular complexity index is 322. The van der Waals surface area contributed by atoms with E-state index in [2.05, 4.69) is 31.2 Å². The largest absolute Gasteiger partial charge is 0.0590 e. The second kappa shape index (κ2) is 3.12. The zero-order chi connectivity index (χ0) is 9.54. The number of benzene rings is 1. The lowest BCUT2D eigenvalue weighted by Gasteiger charge is -2.22. The first-order valence-electron chi connectivity index (χ1n) is 5.89. The van der Waals surface area contributed by atoms with Gasteiger partial charge < -0.3 is 0 Å². The molecule has 2 fully saturated rings. The standard InChI is InChI=1S/C14H18/c1-10-2-5-12(6-3-10)14-9-11-4-7-13(14)8-11/h2-3,5-6,11,13-14H,4,7-9H2,1H3. The second-order valence-corrected chi connectivity index (χ2v) is 5.19. The number of fused-ring (bicyclic) bond motifs is 2. The third-order valence-electron chi connectivity index (χ3n) is 4.24. The Morgan fingerprint density at radius 2 is 1.79 bits per heavy atom. The topological polar surface area (TPSA) is 0 Å². The van der Waals surface area contributed by atoms with Gasteiger partial charge in [0.15, 0.2) is 0 Å². The Morgan fingerprint density at radius 1 is 1.00 bits per heavy atom. The van der Waals surface area contributed by atoms with Crippen molar-refractivity contribution in [2.45, 2.75) is 38.5 Å². The Labute approximate surface area is 86.3 Å². The van der Waals surface area contributed by atoms with Crippen molar-refractivity contribution in [2.24, 2.45) is 11.8 Å². The Hall–Kier alpha value is -0.780. The van der Waals surface area contributed by atoms with Crippen molar-refractivity contribution in [1.82, 2.24) is 0 Å². The van der Waals surface area contributed by atoms with Crippen molar-refractivity contribution >= 4 is 0 Å². The monoisotopic (exact) mass is 186 g/mol. The molecule has 2 aliphatic carbocycles. The molecule has 74 valence electrons. The Morgan fingerprint density at radius 3 is 2.36 bits per heavy atom. The van der Waals surface area contributed by atoms with Crippen LogP contribution in [0, 0.1) is 18.8 Å². The summed E-state index contributed by atoms with van der Waals surface area (Å²) in [6, 6.07) is 9.23. The summed E-state index contributed by atoms with van der Waals surface area (Å²) in [6.07, 6.45) is 5.97. The maximum absolute atomic E-state index is 2.35. The second-order valence-electron chi connectivity index (χ2n) is 5.19. The zero-order valence-corrected chi connectivity index (χ0v) is 8.87. The van der Waals surface area contributed by atoms with Crippen LogP contribution in [0.5, 0.6) is 0 Å². The van der Waals surface area contributed by atoms with E-state index in [0.717, 1.165) is 17.8 Å². The number of aryl methyl sites for hydroxylation is 1. The van der Waals surface area contributed by atoms with Gasteiger partial charge in [-0.05, 0) is 49.5 Å². The minimum Gasteiger partial charge on any atom is -0.0590 e. The lowest BCUT2D eigenvalue weighted by Crippen LogP contribution is -2.08. The van der Waals surface area contributed by atoms with Gasteiger partial charge in [-0.15, -0.1) is 0 Å². The van der Waals surface area contributed by atoms with E-state index in [-0.39, 0.29) is 0 Å². The minimum absolute atomic E-state index is 0.898. The average Bonchev–Trinajstić information content (AvgIpc) is 2.80. The molecule has 0 aromatic heterocycles. The highest BCUT2D eigenvalue weighted by Gasteiger charge is 2.39. The van der Waals surface area contributed by atoms with Gasteiger partial charge in [-0.2, -0.15) is 0 Å². The number of hydrogen-bond donors (Lipinski definition) is 0. The molecule has 2 saturated carbocycles. The fourth-order valence-corrected chi connectivity index (χ4v) is 3.47. The van der Waals surface area contributed by atoms with Crippen LogP contribution >= 0.6 is 0 Å². The molecule has 0 spiro atoms. The summed E-state index contributed by atoms with van der Waals surface area (Å²) in [6.45, 7) is 2.17. The van der Waals surface area contributed by atoms with Crippen molar-refractivity contribution in [3.8, 4) is 0 Å². The van der Waals surface area contributed by atoms with E-state index in [1.54, 1.807) is 5.56 Å². The minimum atomic E-state index is 0.898. The molecule has 0 heteroatoms. The molecule has 1 aromatic carbocycles. The molecule has 2 aliphatic rings. The van der Waals surface area contributed by atoms with Crippen LogP contribution in [0.1, 0.15) is 42.7 Å². The highest BCUT2D eigenvalue weighted by atomic mass is 14.4. The summed E-state index contributed by atoms with van der Waals surface area (Å²) in [4.78, 5) is 0. The fraction of sp³-hybridized carbons (Fsp3) is 0.571. The van der Waals surface area contributed by atoms with Crippen LogP contribution in [0.25, 0.3) is 0 Å². The van der Waals surface area contributed by atoms with Gasteiger partial charge in [0.05, 0.1) is 0 Å². The van der Waals surface area contributed by atoms with Crippen LogP contribution in [0.4, 0.5) is 0 Å². The first-order chi connectivity index (χ1) is 6.83. The molecule has 3 unspecified atom stereocenters. The smallest absolute Gasteiger partial charge is 0.0131 e. The molecule has 14 heavy (non-hydrogen) atoms. The molecule has 3 rings (SSSR count). The van der Waals surface area contributed by atoms with Crippen molar-refractivity contribution < 1.29 is 0 Å². The predicted octanol–water partition coefficient (Wildman–Crippen LogP) is 3.90. The molecule has 3 atom stereocenters. The highest BCUT2D eigenvalue weighted by molar-refractivity contribution is 5.26. The molecule has 0 amide bonds. The first-order valence-corrected chi connectivity index (χ1v) is 5.89. The van der Waals surface area contributed by atoms with Crippen LogP contribution in [-0.4, -0.2) is 0 Å². The Kier molecular flexibility index (Phi) is 1.90. The molecule has 0 nitrogen and oxygen atoms in total. The molecule has 0 aliphatic heterocycles. The summed E-state index contributed by atoms with van der Waals surface area (Å²) < 4.78 is 0. The van der Waals surface area contributed by atoms with E-state index < -0.39 is 0 Å². The molecular formula is C14H18. The quantitative estimate of drug-likeness (QED) is 0.624. The van der Waals surface area contributed by atoms with Crippen LogP contribution < -0.4 is 0 Å². The average molecular weight is 186 g/mol. The SMILES string of the molecule is Cc1ccc(C2CC3CCC2C3)cc1. The maximum Gasteiger partial charge on any atom is -0.0131 e. The van der Waals surface area contributed by atoms with E-state index in [9.17, 15) is 0 Å². The zero-order valence-electron chi connectivity index (χ0n) is 8.87. The summed E-state index contributed by atoms with van der Waals surface area (Å²) in [5.41, 5.74) is 2.99. The summed E-state index contributed by atoms with van der Waals surface area (Å²) in [7, 11) is 0. The number of rotatable bonds is 1. The highest BCUT2D eigenvalue weighted by Crippen LogP contribution is 2.52. The van der Waals surface area contributed by atoms with E-state index >= 15 is 0 Å². The summed E-state index contributed by atoms with van der Waals surface area (Å²) in [5, 5.41) is 0. The normalized spacial score (nSPS) is 35.1. The molecule has 1 aromatic rings. The molecule has 0 heterocycles. The maximum atomic E-state index is 2.35. The molecule has 0 N–H and O–H groups in total. The van der Waals surface area contributed by atoms with Crippen LogP contribution in [0.15, 0.2) is 24.3 Å². The van der Waals surface area contributed by atoms with Crippen LogP contribution in [0.3, 0.4) is 0 Å². The van der Waals surface area contributed by atoms with Crippen molar-refractivity contribution in [3.05, 3.63) is 35.4 Å². The Balaban J connectivity index is 1.86. The van der Waals surface area contributed by atoms with Crippen molar-refractivity contribution in [1.29, 1.82) is 0 Å². The predicted molar refractivity (Wildman–Crippen MR) is 59.4 cm³/mol. The van der Waals surface area contributed by atoms with E-state index in [1.807, 2.05) is 0 Å². The van der Waals surface area contributed by atoms with Crippen LogP contribution in [0.2, 0.25) is 0 Å². The number of hydrogen-bond acceptors (Lipinski definition) is 0. The van der Waals surface area contributed by atoms with E-state index in [1.165, 1.54) is 31.2 Å². The van der Waals surface area contributed by atoms with Crippen LogP contribution in [-0.2, 0) is 0 Å². The van der Waals surface area contributed by atoms with E-state index in [4.69, 9.17) is 0 Å². The van der Waals surface area contributed by atoms with Gasteiger partial charge in [-0.3, -0.25) is 0 Å². The van der Waals surface area contributed by atoms with Gasteiger partial charge >= 0.3 is 0 Å². The van der Waals surface area contributed by atoms with Gasteiger partial charge in [0.2, 0.25) is 0 Å². The molecule has 2 bridgehead atoms. The van der Waals surface area contributed by atoms with Gasteiger partial charge in [-0.25, -0.2) is 0 Å². The van der Waals surface area contributed by atoms with Crippen molar-refractivity contribution in [2.75, 3.05) is 0 Å². The molecule has 0 saturated heterocycles. The van der Waals surface area contributed by atoms with Gasteiger partial charge in [0, 0.05) is 0 Å². The third kappa shape index (κ3) is 1.28. The molecular weight excluding hydrogens is 168 g/mol. The van der Waals surface area contributed by atoms with Gasteiger partial charge in [0.25, 0.3) is 0 Å². The van der Waals surface area contributed by atoms with Gasteiger partial charge in [-0.1, -0.05) is 36.2 Å². The lowest BCUT2D eigenvalue weighted by atomic mass is 9.83. The summed E-state index contributed by atoms with van der Waals surface area (Å²) >= 11 is 0.